The van der Waals surface area contributed by atoms with Gasteiger partial charge in [0.25, 0.3) is 0 Å². The summed E-state index contributed by atoms with van der Waals surface area (Å²) in [5.41, 5.74) is 2.98. The Kier molecular flexibility index (Phi) is 7.72. The minimum Gasteiger partial charge on any atom is -0.261 e. The van der Waals surface area contributed by atoms with Gasteiger partial charge in [-0.3, -0.25) is 4.98 Å². The lowest BCUT2D eigenvalue weighted by Gasteiger charge is -2.15. The van der Waals surface area contributed by atoms with Crippen molar-refractivity contribution in [3.8, 4) is 0 Å². The lowest BCUT2D eigenvalue weighted by molar-refractivity contribution is 0.590. The molecule has 0 saturated heterocycles. The number of aromatic nitrogens is 1. The Bertz CT molecular complexity index is 581. The van der Waals surface area contributed by atoms with Crippen LogP contribution in [0, 0.1) is 25.5 Å². The highest BCUT2D eigenvalue weighted by molar-refractivity contribution is 5.22. The lowest BCUT2D eigenvalue weighted by atomic mass is 9.91. The molecule has 1 aromatic carbocycles. The van der Waals surface area contributed by atoms with E-state index in [0.29, 0.717) is 11.5 Å². The summed E-state index contributed by atoms with van der Waals surface area (Å²) in [6.07, 6.45) is 5.63. The quantitative estimate of drug-likeness (QED) is 0.679. The molecule has 1 unspecified atom stereocenters. The highest BCUT2D eigenvalue weighted by Crippen LogP contribution is 2.25. The molecule has 0 radical (unpaired) electrons. The van der Waals surface area contributed by atoms with Gasteiger partial charge in [-0.2, -0.15) is 0 Å². The van der Waals surface area contributed by atoms with Crippen LogP contribution in [0.5, 0.6) is 0 Å². The van der Waals surface area contributed by atoms with Gasteiger partial charge in [0.2, 0.25) is 0 Å². The molecule has 0 aliphatic carbocycles. The molecule has 0 fully saturated rings. The second kappa shape index (κ2) is 9.29. The van der Waals surface area contributed by atoms with Crippen molar-refractivity contribution in [3.63, 3.8) is 0 Å². The van der Waals surface area contributed by atoms with Crippen LogP contribution in [0.3, 0.4) is 0 Å². The lowest BCUT2D eigenvalue weighted by Crippen LogP contribution is -2.00. The third-order valence-electron chi connectivity index (χ3n) is 3.74. The Morgan fingerprint density at radius 3 is 2.32 bits per heavy atom. The van der Waals surface area contributed by atoms with Crippen LogP contribution in [0.4, 0.5) is 8.78 Å². The van der Waals surface area contributed by atoms with Crippen LogP contribution in [0.2, 0.25) is 0 Å². The van der Waals surface area contributed by atoms with E-state index in [1.807, 2.05) is 12.3 Å². The van der Waals surface area contributed by atoms with Crippen molar-refractivity contribution in [3.05, 3.63) is 65.0 Å². The van der Waals surface area contributed by atoms with E-state index >= 15 is 0 Å². The first kappa shape index (κ1) is 18.3. The van der Waals surface area contributed by atoms with Crippen molar-refractivity contribution in [2.45, 2.75) is 52.9 Å². The van der Waals surface area contributed by atoms with Crippen LogP contribution in [0.25, 0.3) is 0 Å². The number of benzene rings is 1. The summed E-state index contributed by atoms with van der Waals surface area (Å²) < 4.78 is 24.5. The molecule has 0 amide bonds. The summed E-state index contributed by atoms with van der Waals surface area (Å²) in [6.45, 7) is 8.13. The summed E-state index contributed by atoms with van der Waals surface area (Å²) in [5.74, 6) is -0.0519. The van der Waals surface area contributed by atoms with E-state index in [-0.39, 0.29) is 5.82 Å². The van der Waals surface area contributed by atoms with Gasteiger partial charge in [-0.05, 0) is 68.0 Å². The highest BCUT2D eigenvalue weighted by Gasteiger charge is 2.10. The molecule has 1 atom stereocenters. The van der Waals surface area contributed by atoms with Crippen LogP contribution in [-0.2, 0) is 0 Å². The van der Waals surface area contributed by atoms with Gasteiger partial charge in [-0.15, -0.1) is 0 Å². The summed E-state index contributed by atoms with van der Waals surface area (Å²) >= 11 is 0. The average molecular weight is 305 g/mol. The van der Waals surface area contributed by atoms with Crippen molar-refractivity contribution in [2.75, 3.05) is 0 Å². The number of pyridine rings is 1. The minimum atomic E-state index is -0.395. The first-order valence-electron chi connectivity index (χ1n) is 7.82. The Labute approximate surface area is 132 Å². The van der Waals surface area contributed by atoms with Gasteiger partial charge < -0.3 is 0 Å². The Hall–Kier alpha value is -1.77. The third kappa shape index (κ3) is 5.55. The predicted octanol–water partition coefficient (Wildman–Crippen LogP) is 5.96. The molecule has 22 heavy (non-hydrogen) atoms. The van der Waals surface area contributed by atoms with E-state index in [9.17, 15) is 8.78 Å². The number of halogens is 2. The molecular weight excluding hydrogens is 280 g/mol. The molecule has 0 bridgehead atoms. The maximum absolute atomic E-state index is 12.3. The van der Waals surface area contributed by atoms with E-state index in [2.05, 4.69) is 31.8 Å². The first-order valence-corrected chi connectivity index (χ1v) is 7.82. The van der Waals surface area contributed by atoms with Crippen LogP contribution in [0.1, 0.15) is 55.8 Å². The second-order valence-electron chi connectivity index (χ2n) is 5.47. The van der Waals surface area contributed by atoms with Crippen molar-refractivity contribution in [2.24, 2.45) is 0 Å². The molecule has 0 spiro atoms. The largest absolute Gasteiger partial charge is 0.261 e. The fourth-order valence-electron chi connectivity index (χ4n) is 2.46. The van der Waals surface area contributed by atoms with Gasteiger partial charge in [-0.1, -0.05) is 26.3 Å². The zero-order valence-electron chi connectivity index (χ0n) is 13.9. The van der Waals surface area contributed by atoms with E-state index < -0.39 is 5.82 Å². The Balaban J connectivity index is 0.000000235. The van der Waals surface area contributed by atoms with Gasteiger partial charge in [0.1, 0.15) is 11.6 Å². The number of rotatable bonds is 4. The fraction of sp³-hybridized carbons (Fsp3) is 0.421. The number of nitrogens with zero attached hydrogens (tertiary/aromatic N) is 1. The van der Waals surface area contributed by atoms with E-state index in [1.54, 1.807) is 0 Å². The van der Waals surface area contributed by atoms with Gasteiger partial charge in [0.05, 0.1) is 0 Å². The van der Waals surface area contributed by atoms with Gasteiger partial charge in [-0.25, -0.2) is 8.78 Å². The van der Waals surface area contributed by atoms with E-state index in [0.717, 1.165) is 18.2 Å². The Morgan fingerprint density at radius 1 is 1.09 bits per heavy atom. The Morgan fingerprint density at radius 2 is 1.82 bits per heavy atom. The maximum Gasteiger partial charge on any atom is 0.126 e. The molecule has 1 heterocycles. The molecule has 0 saturated carbocycles. The van der Waals surface area contributed by atoms with E-state index in [4.69, 9.17) is 0 Å². The summed E-state index contributed by atoms with van der Waals surface area (Å²) in [7, 11) is 0. The topological polar surface area (TPSA) is 12.9 Å². The molecule has 2 aromatic rings. The third-order valence-corrected chi connectivity index (χ3v) is 3.74. The van der Waals surface area contributed by atoms with Crippen LogP contribution in [-0.4, -0.2) is 4.98 Å². The zero-order valence-corrected chi connectivity index (χ0v) is 13.9. The highest BCUT2D eigenvalue weighted by atomic mass is 19.1. The van der Waals surface area contributed by atoms with Crippen molar-refractivity contribution < 1.29 is 8.78 Å². The van der Waals surface area contributed by atoms with E-state index in [1.165, 1.54) is 37.4 Å². The maximum atomic E-state index is 12.3. The minimum absolute atomic E-state index is 0.343. The van der Waals surface area contributed by atoms with Crippen molar-refractivity contribution >= 4 is 0 Å². The number of hydrogen-bond acceptors (Lipinski definition) is 1. The molecule has 0 aliphatic rings. The fourth-order valence-corrected chi connectivity index (χ4v) is 2.46. The zero-order chi connectivity index (χ0) is 16.5. The van der Waals surface area contributed by atoms with Crippen molar-refractivity contribution in [1.29, 1.82) is 0 Å². The number of aryl methyl sites for hydroxylation is 2. The molecule has 0 aliphatic heterocycles. The molecule has 1 aromatic heterocycles. The normalized spacial score (nSPS) is 11.5. The predicted molar refractivity (Wildman–Crippen MR) is 88.0 cm³/mol. The molecule has 1 nitrogen and oxygen atoms in total. The summed E-state index contributed by atoms with van der Waals surface area (Å²) in [5, 5.41) is 0. The standard InChI is InChI=1S/C12H19N.C7H6F2/c1-4-7-11(5-2)12-8-6-9-13-10(12)3;1-5-4-6(8)2-3-7(5)9/h6,8-9,11H,4-5,7H2,1-3H3;2-4H,1H3. The van der Waals surface area contributed by atoms with Gasteiger partial charge in [0, 0.05) is 11.9 Å². The summed E-state index contributed by atoms with van der Waals surface area (Å²) in [6, 6.07) is 7.63. The molecular formula is C19H25F2N. The molecule has 2 rings (SSSR count). The van der Waals surface area contributed by atoms with Gasteiger partial charge >= 0.3 is 0 Å². The number of hydrogen-bond donors (Lipinski definition) is 0. The smallest absolute Gasteiger partial charge is 0.126 e. The van der Waals surface area contributed by atoms with Crippen LogP contribution < -0.4 is 0 Å². The van der Waals surface area contributed by atoms with Crippen LogP contribution >= 0.6 is 0 Å². The second-order valence-corrected chi connectivity index (χ2v) is 5.47. The molecule has 3 heteroatoms. The molecule has 120 valence electrons. The van der Waals surface area contributed by atoms with Gasteiger partial charge in [0.15, 0.2) is 0 Å². The average Bonchev–Trinajstić information content (AvgIpc) is 2.50. The summed E-state index contributed by atoms with van der Waals surface area (Å²) in [4.78, 5) is 4.33. The van der Waals surface area contributed by atoms with Crippen molar-refractivity contribution in [1.82, 2.24) is 4.98 Å². The monoisotopic (exact) mass is 305 g/mol. The first-order chi connectivity index (χ1) is 10.5. The SMILES string of the molecule is CCCC(CC)c1cccnc1C.Cc1cc(F)ccc1F. The van der Waals surface area contributed by atoms with Crippen LogP contribution in [0.15, 0.2) is 36.5 Å². The molecule has 0 N–H and O–H groups in total.